The minimum atomic E-state index is -1.01. The molecule has 4 aliphatic carbocycles. The van der Waals surface area contributed by atoms with Crippen molar-refractivity contribution in [3.8, 4) is 0 Å². The molecule has 0 aromatic rings. The number of hydrogen-bond acceptors (Lipinski definition) is 14. The minimum absolute atomic E-state index is 0.0386. The van der Waals surface area contributed by atoms with Crippen LogP contribution in [0.4, 0.5) is 0 Å². The molecule has 5 N–H and O–H groups in total. The standard InChI is InChI=1S/C42H66O14/c1-20-37(49-6)29(43)16-35(51-20)55-39-22(3)53-36(18-31(39)45)56-38-21(2)52-34(17-30(38)44)54-25-9-11-40(4)24(14-25)7-8-27-28(40)15-32(46)41(5)26(10-12-42(27,41)48)23-13-33(47)50-19-23/h13,20-22,24-32,34-39,43-46,48H,7-12,14-19H2,1-6H3/t20-,21-,22-,24-,25+,26-,27-,28?,29+,30+,31+,32-,34+,35?,36?,37-,38?,39?,40+,41+,42+/m1/s1. The highest BCUT2D eigenvalue weighted by atomic mass is 16.7. The van der Waals surface area contributed by atoms with Gasteiger partial charge in [-0.25, -0.2) is 4.79 Å². The molecule has 4 heterocycles. The molecule has 7 fully saturated rings. The summed E-state index contributed by atoms with van der Waals surface area (Å²) in [4.78, 5) is 12.0. The van der Waals surface area contributed by atoms with E-state index in [0.717, 1.165) is 44.1 Å². The molecule has 4 aliphatic heterocycles. The van der Waals surface area contributed by atoms with E-state index in [1.54, 1.807) is 13.0 Å². The molecule has 56 heavy (non-hydrogen) atoms. The van der Waals surface area contributed by atoms with Crippen LogP contribution < -0.4 is 0 Å². The van der Waals surface area contributed by atoms with Gasteiger partial charge >= 0.3 is 5.97 Å². The van der Waals surface area contributed by atoms with E-state index in [4.69, 9.17) is 37.9 Å². The minimum Gasteiger partial charge on any atom is -0.458 e. The van der Waals surface area contributed by atoms with Crippen LogP contribution in [0.15, 0.2) is 11.6 Å². The van der Waals surface area contributed by atoms with E-state index in [9.17, 15) is 30.3 Å². The molecule has 0 amide bonds. The zero-order chi connectivity index (χ0) is 39.9. The molecular weight excluding hydrogens is 728 g/mol. The summed E-state index contributed by atoms with van der Waals surface area (Å²) in [6.45, 7) is 10.1. The smallest absolute Gasteiger partial charge is 0.331 e. The topological polar surface area (TPSA) is 192 Å². The van der Waals surface area contributed by atoms with Crippen molar-refractivity contribution in [2.45, 2.75) is 197 Å². The van der Waals surface area contributed by atoms with E-state index in [-0.39, 0.29) is 67.2 Å². The van der Waals surface area contributed by atoms with Gasteiger partial charge in [-0.15, -0.1) is 0 Å². The number of carbonyl (C=O) groups excluding carboxylic acids is 1. The maximum absolute atomic E-state index is 12.6. The lowest BCUT2D eigenvalue weighted by Gasteiger charge is -2.65. The normalized spacial score (nSPS) is 54.8. The SMILES string of the molecule is CO[C@H]1[C@@H](O)CC(OC2[C@@H](O)CC(OC3[C@@H](O)C[C@H](O[C@H]4CC[C@]5(C)C6C[C@@H](O)[C@]7(C)[C@@H](C8=CC(=O)OC8)CC[C@]7(O)[C@@H]6CC[C@@H]5C4)O[C@@H]3C)O[C@@H]2C)O[C@@H]1C. The second kappa shape index (κ2) is 15.6. The fourth-order valence-corrected chi connectivity index (χ4v) is 13.1. The van der Waals surface area contributed by atoms with Gasteiger partial charge in [0.2, 0.25) is 0 Å². The summed E-state index contributed by atoms with van der Waals surface area (Å²) >= 11 is 0. The molecule has 0 bridgehead atoms. The van der Waals surface area contributed by atoms with Crippen LogP contribution in [0.25, 0.3) is 0 Å². The van der Waals surface area contributed by atoms with Gasteiger partial charge in [-0.3, -0.25) is 0 Å². The Morgan fingerprint density at radius 1 is 0.696 bits per heavy atom. The predicted molar refractivity (Wildman–Crippen MR) is 197 cm³/mol. The van der Waals surface area contributed by atoms with Crippen LogP contribution in [-0.4, -0.2) is 137 Å². The van der Waals surface area contributed by atoms with Crippen molar-refractivity contribution in [1.29, 1.82) is 0 Å². The Balaban J connectivity index is 0.832. The monoisotopic (exact) mass is 794 g/mol. The number of aliphatic hydroxyl groups excluding tert-OH is 4. The van der Waals surface area contributed by atoms with Crippen molar-refractivity contribution < 1.29 is 68.2 Å². The summed E-state index contributed by atoms with van der Waals surface area (Å²) in [6.07, 6.45) is -0.0154. The number of esters is 1. The third-order valence-corrected chi connectivity index (χ3v) is 16.2. The molecular formula is C42H66O14. The Morgan fingerprint density at radius 2 is 1.27 bits per heavy atom. The van der Waals surface area contributed by atoms with Gasteiger partial charge in [-0.2, -0.15) is 0 Å². The first kappa shape index (κ1) is 41.5. The van der Waals surface area contributed by atoms with Crippen molar-refractivity contribution in [2.24, 2.45) is 34.5 Å². The molecule has 0 aromatic carbocycles. The molecule has 318 valence electrons. The zero-order valence-corrected chi connectivity index (χ0v) is 33.9. The Bertz CT molecular complexity index is 1430. The molecule has 0 aromatic heterocycles. The number of fused-ring (bicyclic) bond motifs is 5. The van der Waals surface area contributed by atoms with Gasteiger partial charge in [0.25, 0.3) is 0 Å². The fourth-order valence-electron chi connectivity index (χ4n) is 13.1. The van der Waals surface area contributed by atoms with Gasteiger partial charge in [0, 0.05) is 37.9 Å². The highest BCUT2D eigenvalue weighted by molar-refractivity contribution is 5.85. The molecule has 4 saturated carbocycles. The van der Waals surface area contributed by atoms with Crippen LogP contribution in [0.2, 0.25) is 0 Å². The second-order valence-electron chi connectivity index (χ2n) is 19.0. The third-order valence-electron chi connectivity index (χ3n) is 16.2. The average molecular weight is 795 g/mol. The maximum atomic E-state index is 12.6. The molecule has 14 heteroatoms. The highest BCUT2D eigenvalue weighted by Gasteiger charge is 2.71. The highest BCUT2D eigenvalue weighted by Crippen LogP contribution is 2.70. The van der Waals surface area contributed by atoms with E-state index in [1.165, 1.54) is 7.11 Å². The van der Waals surface area contributed by atoms with Crippen molar-refractivity contribution in [1.82, 2.24) is 0 Å². The number of aliphatic hydroxyl groups is 5. The van der Waals surface area contributed by atoms with E-state index >= 15 is 0 Å². The zero-order valence-electron chi connectivity index (χ0n) is 33.9. The van der Waals surface area contributed by atoms with Gasteiger partial charge in [0.15, 0.2) is 18.9 Å². The van der Waals surface area contributed by atoms with E-state index < -0.39 is 84.8 Å². The van der Waals surface area contributed by atoms with Crippen LogP contribution >= 0.6 is 0 Å². The largest absolute Gasteiger partial charge is 0.458 e. The van der Waals surface area contributed by atoms with Crippen molar-refractivity contribution in [3.05, 3.63) is 11.6 Å². The molecule has 14 nitrogen and oxygen atoms in total. The molecule has 21 atom stereocenters. The molecule has 0 radical (unpaired) electrons. The number of methoxy groups -OCH3 is 1. The Kier molecular flexibility index (Phi) is 11.6. The summed E-state index contributed by atoms with van der Waals surface area (Å²) in [7, 11) is 1.53. The van der Waals surface area contributed by atoms with Crippen molar-refractivity contribution >= 4 is 5.97 Å². The number of ether oxygens (including phenoxy) is 8. The summed E-state index contributed by atoms with van der Waals surface area (Å²) in [5.41, 5.74) is -0.877. The number of hydrogen-bond donors (Lipinski definition) is 5. The van der Waals surface area contributed by atoms with Crippen LogP contribution in [0.5, 0.6) is 0 Å². The first-order valence-electron chi connectivity index (χ1n) is 21.3. The van der Waals surface area contributed by atoms with Crippen LogP contribution in [0, 0.1) is 34.5 Å². The number of carbonyl (C=O) groups is 1. The summed E-state index contributed by atoms with van der Waals surface area (Å²) in [5, 5.41) is 57.3. The molecule has 5 unspecified atom stereocenters. The van der Waals surface area contributed by atoms with E-state index in [2.05, 4.69) is 6.92 Å². The van der Waals surface area contributed by atoms with Gasteiger partial charge in [-0.05, 0) is 107 Å². The molecule has 8 rings (SSSR count). The van der Waals surface area contributed by atoms with Crippen LogP contribution in [-0.2, 0) is 42.7 Å². The van der Waals surface area contributed by atoms with Gasteiger partial charge in [0.05, 0.1) is 54.4 Å². The fraction of sp³-hybridized carbons (Fsp3) is 0.929. The lowest BCUT2D eigenvalue weighted by atomic mass is 9.42. The Hall–Kier alpha value is -1.27. The lowest BCUT2D eigenvalue weighted by Crippen LogP contribution is -2.67. The van der Waals surface area contributed by atoms with E-state index in [0.29, 0.717) is 18.8 Å². The second-order valence-corrected chi connectivity index (χ2v) is 19.0. The van der Waals surface area contributed by atoms with E-state index in [1.807, 2.05) is 20.8 Å². The quantitative estimate of drug-likeness (QED) is 0.178. The summed E-state index contributed by atoms with van der Waals surface area (Å²) in [6, 6.07) is 0. The van der Waals surface area contributed by atoms with Crippen LogP contribution in [0.3, 0.4) is 0 Å². The van der Waals surface area contributed by atoms with Crippen LogP contribution in [0.1, 0.15) is 105 Å². The third kappa shape index (κ3) is 7.02. The molecule has 8 aliphatic rings. The average Bonchev–Trinajstić information content (AvgIpc) is 3.68. The van der Waals surface area contributed by atoms with Crippen molar-refractivity contribution in [3.63, 3.8) is 0 Å². The lowest BCUT2D eigenvalue weighted by molar-refractivity contribution is -0.336. The first-order valence-corrected chi connectivity index (χ1v) is 21.3. The Morgan fingerprint density at radius 3 is 1.80 bits per heavy atom. The predicted octanol–water partition coefficient (Wildman–Crippen LogP) is 2.87. The molecule has 3 saturated heterocycles. The van der Waals surface area contributed by atoms with Gasteiger partial charge in [0.1, 0.15) is 24.9 Å². The summed E-state index contributed by atoms with van der Waals surface area (Å²) in [5.74, 6) is 0.223. The van der Waals surface area contributed by atoms with Gasteiger partial charge in [-0.1, -0.05) is 13.8 Å². The Labute approximate surface area is 330 Å². The maximum Gasteiger partial charge on any atom is 0.331 e. The number of rotatable bonds is 8. The van der Waals surface area contributed by atoms with Crippen molar-refractivity contribution in [2.75, 3.05) is 13.7 Å². The number of cyclic esters (lactones) is 1. The summed E-state index contributed by atoms with van der Waals surface area (Å²) < 4.78 is 47.8. The molecule has 0 spiro atoms. The van der Waals surface area contributed by atoms with Gasteiger partial charge < -0.3 is 63.4 Å². The first-order chi connectivity index (χ1) is 26.5.